The van der Waals surface area contributed by atoms with Crippen molar-refractivity contribution in [1.82, 2.24) is 0 Å². The molecule has 1 unspecified atom stereocenters. The third-order valence-corrected chi connectivity index (χ3v) is 3.57. The first-order chi connectivity index (χ1) is 8.97. The average molecular weight is 338 g/mol. The zero-order valence-electron chi connectivity index (χ0n) is 10.3. The third-order valence-electron chi connectivity index (χ3n) is 3.08. The van der Waals surface area contributed by atoms with Crippen molar-refractivity contribution in [3.8, 4) is 0 Å². The summed E-state index contributed by atoms with van der Waals surface area (Å²) in [5.41, 5.74) is -0.553. The largest absolute Gasteiger partial charge is 0.418 e. The summed E-state index contributed by atoms with van der Waals surface area (Å²) in [6.07, 6.45) is -1.37. The van der Waals surface area contributed by atoms with Gasteiger partial charge in [0.25, 0.3) is 0 Å². The van der Waals surface area contributed by atoms with Crippen LogP contribution in [-0.2, 0) is 10.9 Å². The summed E-state index contributed by atoms with van der Waals surface area (Å²) >= 11 is 3.06. The second-order valence-corrected chi connectivity index (χ2v) is 5.47. The van der Waals surface area contributed by atoms with Gasteiger partial charge in [-0.25, -0.2) is 0 Å². The minimum absolute atomic E-state index is 0.00141. The van der Waals surface area contributed by atoms with E-state index in [-0.39, 0.29) is 11.8 Å². The summed E-state index contributed by atoms with van der Waals surface area (Å²) in [7, 11) is 0. The van der Waals surface area contributed by atoms with Crippen molar-refractivity contribution in [3.63, 3.8) is 0 Å². The number of nitrogens with one attached hydrogen (secondary N) is 1. The minimum Gasteiger partial charge on any atom is -0.382 e. The quantitative estimate of drug-likeness (QED) is 0.879. The Morgan fingerprint density at radius 2 is 2.11 bits per heavy atom. The Morgan fingerprint density at radius 1 is 1.32 bits per heavy atom. The van der Waals surface area contributed by atoms with E-state index in [0.29, 0.717) is 17.6 Å². The maximum absolute atomic E-state index is 12.9. The number of benzene rings is 1. The van der Waals surface area contributed by atoms with Gasteiger partial charge in [-0.2, -0.15) is 13.2 Å². The Balaban J connectivity index is 2.06. The van der Waals surface area contributed by atoms with Crippen LogP contribution in [0.5, 0.6) is 0 Å². The number of hydrogen-bond acceptors (Lipinski definition) is 2. The van der Waals surface area contributed by atoms with Crippen LogP contribution in [-0.4, -0.2) is 19.3 Å². The first kappa shape index (κ1) is 14.7. The highest BCUT2D eigenvalue weighted by Gasteiger charge is 2.33. The van der Waals surface area contributed by atoms with E-state index in [1.807, 2.05) is 0 Å². The lowest BCUT2D eigenvalue weighted by atomic mass is 10.1. The lowest BCUT2D eigenvalue weighted by molar-refractivity contribution is -0.137. The van der Waals surface area contributed by atoms with Crippen LogP contribution in [0.1, 0.15) is 24.8 Å². The van der Waals surface area contributed by atoms with Gasteiger partial charge in [0.2, 0.25) is 0 Å². The molecule has 0 saturated carbocycles. The normalized spacial score (nSPS) is 20.3. The molecule has 6 heteroatoms. The fourth-order valence-electron chi connectivity index (χ4n) is 2.10. The topological polar surface area (TPSA) is 21.3 Å². The Bertz CT molecular complexity index is 430. The van der Waals surface area contributed by atoms with Gasteiger partial charge in [-0.3, -0.25) is 0 Å². The van der Waals surface area contributed by atoms with Crippen LogP contribution in [0.15, 0.2) is 22.7 Å². The van der Waals surface area contributed by atoms with Crippen molar-refractivity contribution >= 4 is 21.6 Å². The Kier molecular flexibility index (Phi) is 4.73. The second-order valence-electron chi connectivity index (χ2n) is 4.56. The van der Waals surface area contributed by atoms with Gasteiger partial charge in [-0.05, 0) is 37.5 Å². The summed E-state index contributed by atoms with van der Waals surface area (Å²) < 4.78 is 44.6. The van der Waals surface area contributed by atoms with Crippen LogP contribution < -0.4 is 5.32 Å². The van der Waals surface area contributed by atoms with Crippen molar-refractivity contribution < 1.29 is 17.9 Å². The van der Waals surface area contributed by atoms with Crippen molar-refractivity contribution in [2.24, 2.45) is 0 Å². The molecule has 0 radical (unpaired) electrons. The highest BCUT2D eigenvalue weighted by atomic mass is 79.9. The van der Waals surface area contributed by atoms with E-state index >= 15 is 0 Å². The van der Waals surface area contributed by atoms with E-state index < -0.39 is 11.7 Å². The van der Waals surface area contributed by atoms with Gasteiger partial charge in [0.05, 0.1) is 11.7 Å². The first-order valence-electron chi connectivity index (χ1n) is 6.19. The molecule has 1 N–H and O–H groups in total. The molecule has 1 atom stereocenters. The molecule has 1 aliphatic heterocycles. The Hall–Kier alpha value is -0.750. The molecule has 0 spiro atoms. The fourth-order valence-corrected chi connectivity index (χ4v) is 2.46. The third kappa shape index (κ3) is 4.11. The number of rotatable bonds is 3. The molecule has 1 saturated heterocycles. The zero-order chi connectivity index (χ0) is 13.9. The smallest absolute Gasteiger partial charge is 0.382 e. The SMILES string of the molecule is FC(F)(F)c1cc(Br)ccc1NCC1CCCCO1. The Labute approximate surface area is 118 Å². The molecule has 1 aromatic rings. The van der Waals surface area contributed by atoms with Gasteiger partial charge in [0.1, 0.15) is 0 Å². The molecule has 19 heavy (non-hydrogen) atoms. The minimum atomic E-state index is -4.36. The number of ether oxygens (including phenoxy) is 1. The van der Waals surface area contributed by atoms with Crippen LogP contribution in [0.4, 0.5) is 18.9 Å². The maximum atomic E-state index is 12.9. The number of halogens is 4. The van der Waals surface area contributed by atoms with Crippen LogP contribution >= 0.6 is 15.9 Å². The van der Waals surface area contributed by atoms with Gasteiger partial charge >= 0.3 is 6.18 Å². The molecule has 0 amide bonds. The highest BCUT2D eigenvalue weighted by Crippen LogP contribution is 2.36. The van der Waals surface area contributed by atoms with Crippen molar-refractivity contribution in [3.05, 3.63) is 28.2 Å². The van der Waals surface area contributed by atoms with E-state index in [9.17, 15) is 13.2 Å². The first-order valence-corrected chi connectivity index (χ1v) is 6.98. The van der Waals surface area contributed by atoms with Gasteiger partial charge < -0.3 is 10.1 Å². The molecule has 1 heterocycles. The number of hydrogen-bond donors (Lipinski definition) is 1. The van der Waals surface area contributed by atoms with Crippen molar-refractivity contribution in [1.29, 1.82) is 0 Å². The van der Waals surface area contributed by atoms with E-state index in [2.05, 4.69) is 21.2 Å². The van der Waals surface area contributed by atoms with Crippen LogP contribution in [0.3, 0.4) is 0 Å². The predicted octanol–water partition coefficient (Wildman–Crippen LogP) is 4.45. The second kappa shape index (κ2) is 6.13. The summed E-state index contributed by atoms with van der Waals surface area (Å²) in [5.74, 6) is 0. The monoisotopic (exact) mass is 337 g/mol. The lowest BCUT2D eigenvalue weighted by Gasteiger charge is -2.24. The molecule has 2 nitrogen and oxygen atoms in total. The van der Waals surface area contributed by atoms with Crippen molar-refractivity contribution in [2.45, 2.75) is 31.5 Å². The van der Waals surface area contributed by atoms with Gasteiger partial charge in [0.15, 0.2) is 0 Å². The van der Waals surface area contributed by atoms with E-state index in [1.165, 1.54) is 6.07 Å². The average Bonchev–Trinajstić information content (AvgIpc) is 2.37. The van der Waals surface area contributed by atoms with Crippen LogP contribution in [0.25, 0.3) is 0 Å². The van der Waals surface area contributed by atoms with E-state index in [4.69, 9.17) is 4.74 Å². The molecular formula is C13H15BrF3NO. The zero-order valence-corrected chi connectivity index (χ0v) is 11.9. The van der Waals surface area contributed by atoms with Gasteiger partial charge in [0, 0.05) is 23.3 Å². The van der Waals surface area contributed by atoms with Crippen LogP contribution in [0, 0.1) is 0 Å². The lowest BCUT2D eigenvalue weighted by Crippen LogP contribution is -2.27. The molecule has 106 valence electrons. The molecule has 1 aliphatic rings. The molecular weight excluding hydrogens is 323 g/mol. The number of alkyl halides is 3. The van der Waals surface area contributed by atoms with E-state index in [1.54, 1.807) is 6.07 Å². The summed E-state index contributed by atoms with van der Waals surface area (Å²) in [4.78, 5) is 0. The predicted molar refractivity (Wildman–Crippen MR) is 71.2 cm³/mol. The summed E-state index contributed by atoms with van der Waals surface area (Å²) in [6.45, 7) is 1.10. The van der Waals surface area contributed by atoms with Crippen molar-refractivity contribution in [2.75, 3.05) is 18.5 Å². The molecule has 0 aromatic heterocycles. The maximum Gasteiger partial charge on any atom is 0.418 e. The molecule has 0 aliphatic carbocycles. The highest BCUT2D eigenvalue weighted by molar-refractivity contribution is 9.10. The summed E-state index contributed by atoms with van der Waals surface area (Å²) in [5, 5.41) is 2.85. The van der Waals surface area contributed by atoms with Gasteiger partial charge in [-0.15, -0.1) is 0 Å². The molecule has 2 rings (SSSR count). The van der Waals surface area contributed by atoms with Crippen LogP contribution in [0.2, 0.25) is 0 Å². The van der Waals surface area contributed by atoms with Gasteiger partial charge in [-0.1, -0.05) is 15.9 Å². The standard InChI is InChI=1S/C13H15BrF3NO/c14-9-4-5-12(11(7-9)13(15,16)17)18-8-10-3-1-2-6-19-10/h4-5,7,10,18H,1-3,6,8H2. The fraction of sp³-hybridized carbons (Fsp3) is 0.538. The molecule has 1 aromatic carbocycles. The molecule has 1 fully saturated rings. The number of anilines is 1. The summed E-state index contributed by atoms with van der Waals surface area (Å²) in [6, 6.07) is 4.12. The Morgan fingerprint density at radius 3 is 2.74 bits per heavy atom. The molecule has 0 bridgehead atoms. The van der Waals surface area contributed by atoms with E-state index in [0.717, 1.165) is 25.3 Å².